The first-order valence-electron chi connectivity index (χ1n) is 16.6. The predicted octanol–water partition coefficient (Wildman–Crippen LogP) is 5.72. The van der Waals surface area contributed by atoms with Gasteiger partial charge in [-0.15, -0.1) is 0 Å². The highest BCUT2D eigenvalue weighted by Gasteiger charge is 2.32. The molecule has 11 heteroatoms. The molecule has 0 unspecified atom stereocenters. The number of ether oxygens (including phenoxy) is 2. The molecule has 0 spiro atoms. The summed E-state index contributed by atoms with van der Waals surface area (Å²) < 4.78 is 16.5. The molecule has 3 heterocycles. The number of amides is 3. The number of halogens is 1. The quantitative estimate of drug-likeness (QED) is 0.227. The van der Waals surface area contributed by atoms with Crippen LogP contribution in [0.25, 0.3) is 11.0 Å². The number of hydrogen-bond acceptors (Lipinski definition) is 7. The number of methoxy groups -OCH3 is 2. The summed E-state index contributed by atoms with van der Waals surface area (Å²) in [5, 5.41) is 3.64. The minimum absolute atomic E-state index is 0.155. The molecule has 1 N–H and O–H groups in total. The van der Waals surface area contributed by atoms with E-state index in [9.17, 15) is 19.2 Å². The summed E-state index contributed by atoms with van der Waals surface area (Å²) in [6.07, 6.45) is 4.31. The van der Waals surface area contributed by atoms with E-state index in [1.807, 2.05) is 29.2 Å². The SMILES string of the molecule is COc1cc2oc(C(=O)N[C@@H](Cc3ccc(Cl)cc3)C(=O)N3CCC(c4ccccc4CN4CCCCC4=O)CC3)cc(=O)c2cc1OC. The van der Waals surface area contributed by atoms with Crippen molar-refractivity contribution in [3.63, 3.8) is 0 Å². The van der Waals surface area contributed by atoms with E-state index in [0.29, 0.717) is 42.6 Å². The maximum absolute atomic E-state index is 14.1. The summed E-state index contributed by atoms with van der Waals surface area (Å²) in [5.41, 5.74) is 2.92. The molecule has 2 fully saturated rings. The number of hydrogen-bond donors (Lipinski definition) is 1. The van der Waals surface area contributed by atoms with E-state index in [1.165, 1.54) is 31.9 Å². The fourth-order valence-corrected chi connectivity index (χ4v) is 6.95. The fourth-order valence-electron chi connectivity index (χ4n) is 6.82. The lowest BCUT2D eigenvalue weighted by Crippen LogP contribution is -2.51. The van der Waals surface area contributed by atoms with Gasteiger partial charge in [-0.25, -0.2) is 0 Å². The number of fused-ring (bicyclic) bond motifs is 1. The molecule has 3 aromatic carbocycles. The lowest BCUT2D eigenvalue weighted by Gasteiger charge is -2.36. The third-order valence-corrected chi connectivity index (χ3v) is 9.75. The van der Waals surface area contributed by atoms with E-state index in [2.05, 4.69) is 17.4 Å². The summed E-state index contributed by atoms with van der Waals surface area (Å²) >= 11 is 6.11. The lowest BCUT2D eigenvalue weighted by atomic mass is 9.86. The lowest BCUT2D eigenvalue weighted by molar-refractivity contribution is -0.135. The van der Waals surface area contributed by atoms with E-state index in [0.717, 1.165) is 49.4 Å². The van der Waals surface area contributed by atoms with Crippen LogP contribution < -0.4 is 20.2 Å². The highest BCUT2D eigenvalue weighted by atomic mass is 35.5. The third-order valence-electron chi connectivity index (χ3n) is 9.50. The highest BCUT2D eigenvalue weighted by Crippen LogP contribution is 2.33. The second kappa shape index (κ2) is 15.2. The Morgan fingerprint density at radius 1 is 0.939 bits per heavy atom. The molecular formula is C38H40ClN3O7. The third kappa shape index (κ3) is 7.75. The number of likely N-dealkylation sites (tertiary alicyclic amines) is 2. The van der Waals surface area contributed by atoms with Crippen molar-refractivity contribution in [1.82, 2.24) is 15.1 Å². The molecule has 2 aliphatic rings. The van der Waals surface area contributed by atoms with Crippen molar-refractivity contribution in [2.45, 2.75) is 57.0 Å². The Morgan fingerprint density at radius 3 is 2.37 bits per heavy atom. The molecule has 4 aromatic rings. The number of nitrogens with zero attached hydrogens (tertiary/aromatic N) is 2. The first-order chi connectivity index (χ1) is 23.7. The van der Waals surface area contributed by atoms with Gasteiger partial charge in [-0.05, 0) is 66.5 Å². The Bertz CT molecular complexity index is 1900. The molecule has 2 aliphatic heterocycles. The Hall–Kier alpha value is -4.83. The van der Waals surface area contributed by atoms with Gasteiger partial charge in [0.05, 0.1) is 19.6 Å². The van der Waals surface area contributed by atoms with Crippen molar-refractivity contribution < 1.29 is 28.3 Å². The van der Waals surface area contributed by atoms with E-state index in [-0.39, 0.29) is 40.9 Å². The van der Waals surface area contributed by atoms with Crippen molar-refractivity contribution in [2.75, 3.05) is 33.9 Å². The Kier molecular flexibility index (Phi) is 10.5. The van der Waals surface area contributed by atoms with Crippen LogP contribution >= 0.6 is 11.6 Å². The molecule has 2 saturated heterocycles. The van der Waals surface area contributed by atoms with Crippen molar-refractivity contribution in [2.24, 2.45) is 0 Å². The second-order valence-electron chi connectivity index (χ2n) is 12.6. The van der Waals surface area contributed by atoms with Gasteiger partial charge >= 0.3 is 0 Å². The number of nitrogens with one attached hydrogen (secondary N) is 1. The first-order valence-corrected chi connectivity index (χ1v) is 17.0. The van der Waals surface area contributed by atoms with Gasteiger partial charge in [-0.1, -0.05) is 48.0 Å². The van der Waals surface area contributed by atoms with Crippen LogP contribution in [0.15, 0.2) is 75.9 Å². The summed E-state index contributed by atoms with van der Waals surface area (Å²) in [6, 6.07) is 18.6. The molecule has 0 aliphatic carbocycles. The smallest absolute Gasteiger partial charge is 0.287 e. The minimum atomic E-state index is -0.922. The van der Waals surface area contributed by atoms with Gasteiger partial charge in [0.1, 0.15) is 11.6 Å². The van der Waals surface area contributed by atoms with Crippen molar-refractivity contribution in [3.8, 4) is 11.5 Å². The first kappa shape index (κ1) is 34.0. The Balaban J connectivity index is 1.19. The van der Waals surface area contributed by atoms with Gasteiger partial charge in [0.2, 0.25) is 11.8 Å². The molecule has 10 nitrogen and oxygen atoms in total. The number of carbonyl (C=O) groups is 3. The topological polar surface area (TPSA) is 118 Å². The Labute approximate surface area is 289 Å². The summed E-state index contributed by atoms with van der Waals surface area (Å²) in [4.78, 5) is 57.0. The molecule has 3 amide bonds. The van der Waals surface area contributed by atoms with Crippen LogP contribution in [-0.4, -0.2) is 67.4 Å². The second-order valence-corrected chi connectivity index (χ2v) is 13.0. The average molecular weight is 686 g/mol. The molecule has 0 bridgehead atoms. The van der Waals surface area contributed by atoms with Gasteiger partial charge in [-0.3, -0.25) is 19.2 Å². The zero-order valence-electron chi connectivity index (χ0n) is 27.7. The van der Waals surface area contributed by atoms with Crippen LogP contribution in [0.1, 0.15) is 65.3 Å². The van der Waals surface area contributed by atoms with Gasteiger partial charge in [0.15, 0.2) is 22.7 Å². The zero-order chi connectivity index (χ0) is 34.5. The molecule has 6 rings (SSSR count). The molecular weight excluding hydrogens is 646 g/mol. The molecule has 1 aromatic heterocycles. The molecule has 0 saturated carbocycles. The largest absolute Gasteiger partial charge is 0.493 e. The standard InChI is InChI=1S/C38H40ClN3O7/c1-47-33-20-29-31(43)21-35(49-32(29)22-34(33)48-2)37(45)40-30(19-24-10-12-27(39)13-11-24)38(46)41-17-14-25(15-18-41)28-8-4-3-7-26(28)23-42-16-6-5-9-36(42)44/h3-4,7-8,10-13,20-22,25,30H,5-6,9,14-19,23H2,1-2H3,(H,40,45)/t30-/m0/s1. The van der Waals surface area contributed by atoms with Crippen LogP contribution in [0.2, 0.25) is 5.02 Å². The van der Waals surface area contributed by atoms with E-state index < -0.39 is 17.4 Å². The summed E-state index contributed by atoms with van der Waals surface area (Å²) in [7, 11) is 2.93. The average Bonchev–Trinajstić information content (AvgIpc) is 3.12. The van der Waals surface area contributed by atoms with Gasteiger partial charge < -0.3 is 29.0 Å². The predicted molar refractivity (Wildman–Crippen MR) is 186 cm³/mol. The minimum Gasteiger partial charge on any atom is -0.493 e. The maximum Gasteiger partial charge on any atom is 0.287 e. The number of piperidine rings is 2. The molecule has 1 atom stereocenters. The van der Waals surface area contributed by atoms with Crippen LogP contribution in [0.5, 0.6) is 11.5 Å². The number of rotatable bonds is 10. The van der Waals surface area contributed by atoms with Gasteiger partial charge in [0.25, 0.3) is 5.91 Å². The van der Waals surface area contributed by atoms with E-state index >= 15 is 0 Å². The van der Waals surface area contributed by atoms with Crippen LogP contribution in [0, 0.1) is 0 Å². The van der Waals surface area contributed by atoms with Gasteiger partial charge in [0, 0.05) is 56.2 Å². The van der Waals surface area contributed by atoms with Crippen molar-refractivity contribution in [1.29, 1.82) is 0 Å². The normalized spacial score (nSPS) is 16.0. The Morgan fingerprint density at radius 2 is 1.65 bits per heavy atom. The number of benzene rings is 3. The summed E-state index contributed by atoms with van der Waals surface area (Å²) in [5.74, 6) is 0.0295. The van der Waals surface area contributed by atoms with Crippen LogP contribution in [0.3, 0.4) is 0 Å². The molecule has 0 radical (unpaired) electrons. The van der Waals surface area contributed by atoms with Gasteiger partial charge in [-0.2, -0.15) is 0 Å². The van der Waals surface area contributed by atoms with Crippen LogP contribution in [0.4, 0.5) is 0 Å². The van der Waals surface area contributed by atoms with E-state index in [1.54, 1.807) is 17.0 Å². The fraction of sp³-hybridized carbons (Fsp3) is 0.368. The van der Waals surface area contributed by atoms with Crippen LogP contribution in [-0.2, 0) is 22.6 Å². The zero-order valence-corrected chi connectivity index (χ0v) is 28.5. The monoisotopic (exact) mass is 685 g/mol. The van der Waals surface area contributed by atoms with Crippen molar-refractivity contribution >= 4 is 40.3 Å². The maximum atomic E-state index is 14.1. The van der Waals surface area contributed by atoms with Crippen molar-refractivity contribution in [3.05, 3.63) is 104 Å². The number of carbonyl (C=O) groups excluding carboxylic acids is 3. The molecule has 49 heavy (non-hydrogen) atoms. The molecule has 256 valence electrons. The highest BCUT2D eigenvalue weighted by molar-refractivity contribution is 6.30. The summed E-state index contributed by atoms with van der Waals surface area (Å²) in [6.45, 7) is 2.42. The van der Waals surface area contributed by atoms with E-state index in [4.69, 9.17) is 25.5 Å².